The topological polar surface area (TPSA) is 75.7 Å². The molecule has 0 radical (unpaired) electrons. The van der Waals surface area contributed by atoms with Gasteiger partial charge in [-0.25, -0.2) is 4.79 Å². The summed E-state index contributed by atoms with van der Waals surface area (Å²) in [5, 5.41) is 2.95. The van der Waals surface area contributed by atoms with Gasteiger partial charge in [-0.15, -0.1) is 0 Å². The van der Waals surface area contributed by atoms with Crippen molar-refractivity contribution in [1.82, 2.24) is 10.2 Å². The Balaban J connectivity index is 1.86. The van der Waals surface area contributed by atoms with Crippen LogP contribution in [0.5, 0.6) is 0 Å². The van der Waals surface area contributed by atoms with E-state index in [0.29, 0.717) is 23.4 Å². The molecule has 0 aromatic heterocycles. The summed E-state index contributed by atoms with van der Waals surface area (Å²) in [5.74, 6) is -0.886. The Morgan fingerprint density at radius 2 is 1.76 bits per heavy atom. The molecular formula is C27H32N2O4. The number of nitrogens with one attached hydrogen (secondary N) is 1. The maximum atomic E-state index is 13.1. The summed E-state index contributed by atoms with van der Waals surface area (Å²) in [6.07, 6.45) is 1.06. The number of rotatable bonds is 8. The summed E-state index contributed by atoms with van der Waals surface area (Å²) in [4.78, 5) is 40.0. The van der Waals surface area contributed by atoms with Crippen molar-refractivity contribution in [3.8, 4) is 0 Å². The lowest BCUT2D eigenvalue weighted by Crippen LogP contribution is -2.38. The first-order valence-electron chi connectivity index (χ1n) is 11.5. The lowest BCUT2D eigenvalue weighted by molar-refractivity contribution is -0.140. The predicted octanol–water partition coefficient (Wildman–Crippen LogP) is 4.57. The molecule has 2 amide bonds. The Morgan fingerprint density at radius 1 is 1.09 bits per heavy atom. The van der Waals surface area contributed by atoms with Crippen LogP contribution in [-0.2, 0) is 20.9 Å². The van der Waals surface area contributed by atoms with Crippen molar-refractivity contribution in [3.05, 3.63) is 82.6 Å². The zero-order valence-corrected chi connectivity index (χ0v) is 19.8. The highest BCUT2D eigenvalue weighted by molar-refractivity contribution is 5.96. The van der Waals surface area contributed by atoms with Crippen LogP contribution in [0.2, 0.25) is 0 Å². The Hall–Kier alpha value is -3.41. The third kappa shape index (κ3) is 5.69. The Labute approximate surface area is 195 Å². The molecule has 3 rings (SSSR count). The number of hydrogen-bond acceptors (Lipinski definition) is 4. The van der Waals surface area contributed by atoms with E-state index in [2.05, 4.69) is 5.32 Å². The molecule has 1 heterocycles. The number of allylic oxidation sites excluding steroid dienone is 1. The molecule has 2 unspecified atom stereocenters. The molecule has 2 aromatic carbocycles. The van der Waals surface area contributed by atoms with Gasteiger partial charge in [0.2, 0.25) is 5.91 Å². The third-order valence-electron chi connectivity index (χ3n) is 6.07. The molecule has 0 saturated heterocycles. The summed E-state index contributed by atoms with van der Waals surface area (Å²) in [5.41, 5.74) is 3.51. The minimum atomic E-state index is -0.390. The van der Waals surface area contributed by atoms with Crippen molar-refractivity contribution in [1.29, 1.82) is 0 Å². The average molecular weight is 449 g/mol. The first kappa shape index (κ1) is 24.2. The molecule has 6 nitrogen and oxygen atoms in total. The molecule has 2 atom stereocenters. The first-order valence-corrected chi connectivity index (χ1v) is 11.5. The largest absolute Gasteiger partial charge is 0.463 e. The number of carbonyl (C=O) groups excluding carboxylic acids is 3. The van der Waals surface area contributed by atoms with Crippen molar-refractivity contribution in [2.45, 2.75) is 59.0 Å². The van der Waals surface area contributed by atoms with E-state index in [1.54, 1.807) is 30.9 Å². The fourth-order valence-electron chi connectivity index (χ4n) is 4.00. The van der Waals surface area contributed by atoms with Crippen molar-refractivity contribution in [2.75, 3.05) is 6.61 Å². The molecular weight excluding hydrogens is 416 g/mol. The lowest BCUT2D eigenvalue weighted by atomic mass is 9.83. The Kier molecular flexibility index (Phi) is 8.04. The van der Waals surface area contributed by atoms with E-state index in [1.807, 2.05) is 56.3 Å². The standard InChI is InChI=1S/C27H32N2O4/c1-5-18(3)28-26(31)22-14-12-20(13-15-22)17-29-19(4)25(27(32)33-6-2)23(16-24(29)30)21-10-8-7-9-11-21/h7-15,18,23H,5-6,16-17H2,1-4H3,(H,28,31). The normalized spacial score (nSPS) is 17.0. The number of amides is 2. The quantitative estimate of drug-likeness (QED) is 0.601. The predicted molar refractivity (Wildman–Crippen MR) is 127 cm³/mol. The molecule has 6 heteroatoms. The van der Waals surface area contributed by atoms with Gasteiger partial charge in [-0.1, -0.05) is 49.4 Å². The minimum absolute atomic E-state index is 0.0482. The van der Waals surface area contributed by atoms with Gasteiger partial charge in [-0.2, -0.15) is 0 Å². The highest BCUT2D eigenvalue weighted by Crippen LogP contribution is 2.37. The van der Waals surface area contributed by atoms with Gasteiger partial charge < -0.3 is 15.0 Å². The molecule has 0 fully saturated rings. The molecule has 174 valence electrons. The van der Waals surface area contributed by atoms with E-state index >= 15 is 0 Å². The molecule has 2 aromatic rings. The van der Waals surface area contributed by atoms with Gasteiger partial charge in [0.15, 0.2) is 0 Å². The van der Waals surface area contributed by atoms with Crippen LogP contribution in [0.4, 0.5) is 0 Å². The summed E-state index contributed by atoms with van der Waals surface area (Å²) < 4.78 is 5.34. The molecule has 0 bridgehead atoms. The summed E-state index contributed by atoms with van der Waals surface area (Å²) >= 11 is 0. The molecule has 1 N–H and O–H groups in total. The van der Waals surface area contributed by atoms with Gasteiger partial charge in [0, 0.05) is 29.6 Å². The molecule has 1 aliphatic heterocycles. The summed E-state index contributed by atoms with van der Waals surface area (Å²) in [6.45, 7) is 8.15. The first-order chi connectivity index (χ1) is 15.8. The van der Waals surface area contributed by atoms with Crippen molar-refractivity contribution < 1.29 is 19.1 Å². The molecule has 33 heavy (non-hydrogen) atoms. The van der Waals surface area contributed by atoms with E-state index in [1.165, 1.54) is 0 Å². The van der Waals surface area contributed by atoms with E-state index in [0.717, 1.165) is 17.5 Å². The summed E-state index contributed by atoms with van der Waals surface area (Å²) in [6, 6.07) is 16.9. The molecule has 1 aliphatic rings. The number of ether oxygens (including phenoxy) is 1. The Bertz CT molecular complexity index is 1030. The van der Waals surface area contributed by atoms with E-state index in [-0.39, 0.29) is 36.8 Å². The number of hydrogen-bond donors (Lipinski definition) is 1. The third-order valence-corrected chi connectivity index (χ3v) is 6.07. The maximum absolute atomic E-state index is 13.1. The van der Waals surface area contributed by atoms with E-state index in [9.17, 15) is 14.4 Å². The zero-order chi connectivity index (χ0) is 24.0. The van der Waals surface area contributed by atoms with E-state index in [4.69, 9.17) is 4.74 Å². The second-order valence-electron chi connectivity index (χ2n) is 8.35. The van der Waals surface area contributed by atoms with Gasteiger partial charge in [0.05, 0.1) is 18.7 Å². The highest BCUT2D eigenvalue weighted by atomic mass is 16.5. The zero-order valence-electron chi connectivity index (χ0n) is 19.8. The van der Waals surface area contributed by atoms with Crippen molar-refractivity contribution in [3.63, 3.8) is 0 Å². The SMILES string of the molecule is CCOC(=O)C1=C(C)N(Cc2ccc(C(=O)NC(C)CC)cc2)C(=O)CC1c1ccccc1. The van der Waals surface area contributed by atoms with E-state index < -0.39 is 5.97 Å². The van der Waals surface area contributed by atoms with Crippen molar-refractivity contribution >= 4 is 17.8 Å². The lowest BCUT2D eigenvalue weighted by Gasteiger charge is -2.34. The molecule has 0 spiro atoms. The van der Waals surface area contributed by atoms with Crippen LogP contribution in [0, 0.1) is 0 Å². The summed E-state index contributed by atoms with van der Waals surface area (Å²) in [7, 11) is 0. The van der Waals surface area contributed by atoms with Gasteiger partial charge in [0.25, 0.3) is 5.91 Å². The molecule has 0 aliphatic carbocycles. The molecule has 0 saturated carbocycles. The maximum Gasteiger partial charge on any atom is 0.336 e. The highest BCUT2D eigenvalue weighted by Gasteiger charge is 2.36. The Morgan fingerprint density at radius 3 is 2.36 bits per heavy atom. The monoisotopic (exact) mass is 448 g/mol. The minimum Gasteiger partial charge on any atom is -0.463 e. The van der Waals surface area contributed by atoms with Crippen LogP contribution in [0.3, 0.4) is 0 Å². The van der Waals surface area contributed by atoms with Gasteiger partial charge in [-0.3, -0.25) is 9.59 Å². The van der Waals surface area contributed by atoms with Crippen LogP contribution >= 0.6 is 0 Å². The van der Waals surface area contributed by atoms with Crippen LogP contribution < -0.4 is 5.32 Å². The number of esters is 1. The number of benzene rings is 2. The van der Waals surface area contributed by atoms with Crippen LogP contribution in [-0.4, -0.2) is 35.3 Å². The number of carbonyl (C=O) groups is 3. The second-order valence-corrected chi connectivity index (χ2v) is 8.35. The number of nitrogens with zero attached hydrogens (tertiary/aromatic N) is 1. The average Bonchev–Trinajstić information content (AvgIpc) is 2.82. The van der Waals surface area contributed by atoms with Gasteiger partial charge >= 0.3 is 5.97 Å². The van der Waals surface area contributed by atoms with Gasteiger partial charge in [-0.05, 0) is 50.5 Å². The second kappa shape index (κ2) is 10.9. The fourth-order valence-corrected chi connectivity index (χ4v) is 4.00. The van der Waals surface area contributed by atoms with Gasteiger partial charge in [0.1, 0.15) is 0 Å². The van der Waals surface area contributed by atoms with Crippen LogP contribution in [0.25, 0.3) is 0 Å². The van der Waals surface area contributed by atoms with Crippen LogP contribution in [0.15, 0.2) is 65.9 Å². The fraction of sp³-hybridized carbons (Fsp3) is 0.370. The van der Waals surface area contributed by atoms with Crippen molar-refractivity contribution in [2.24, 2.45) is 0 Å². The van der Waals surface area contributed by atoms with Crippen LogP contribution in [0.1, 0.15) is 67.9 Å². The smallest absolute Gasteiger partial charge is 0.336 e.